The van der Waals surface area contributed by atoms with Crippen molar-refractivity contribution in [2.45, 2.75) is 52.2 Å². The van der Waals surface area contributed by atoms with E-state index in [9.17, 15) is 4.79 Å². The van der Waals surface area contributed by atoms with Crippen molar-refractivity contribution in [1.29, 1.82) is 0 Å². The van der Waals surface area contributed by atoms with Crippen LogP contribution in [0.3, 0.4) is 0 Å². The standard InChI is InChI=1S/C19H30O4/c1-3-22-19(23-4-2)18-15-12-11-14(13-15)16(18)9-7-5-6-8-10-17(20)21/h5,7,11-12,14-16,18-19H,3-4,6,8-10,13H2,1-2H3,(H,20,21)/b7-5-. The van der Waals surface area contributed by atoms with E-state index in [4.69, 9.17) is 14.6 Å². The monoisotopic (exact) mass is 322 g/mol. The summed E-state index contributed by atoms with van der Waals surface area (Å²) in [5.41, 5.74) is 0. The lowest BCUT2D eigenvalue weighted by atomic mass is 9.80. The number of allylic oxidation sites excluding steroid dienone is 4. The first-order valence-electron chi connectivity index (χ1n) is 8.95. The Balaban J connectivity index is 1.89. The van der Waals surface area contributed by atoms with Crippen LogP contribution < -0.4 is 0 Å². The Kier molecular flexibility index (Phi) is 7.31. The normalized spacial score (nSPS) is 29.2. The van der Waals surface area contributed by atoms with Gasteiger partial charge >= 0.3 is 5.97 Å². The highest BCUT2D eigenvalue weighted by Crippen LogP contribution is 2.51. The second-order valence-electron chi connectivity index (χ2n) is 6.46. The molecule has 0 aromatic rings. The van der Waals surface area contributed by atoms with Crippen molar-refractivity contribution in [3.05, 3.63) is 24.3 Å². The summed E-state index contributed by atoms with van der Waals surface area (Å²) in [5, 5.41) is 8.65. The molecule has 0 spiro atoms. The molecule has 0 aliphatic heterocycles. The summed E-state index contributed by atoms with van der Waals surface area (Å²) < 4.78 is 11.7. The Hall–Kier alpha value is -1.13. The number of fused-ring (bicyclic) bond motifs is 2. The Morgan fingerprint density at radius 1 is 1.22 bits per heavy atom. The zero-order chi connectivity index (χ0) is 16.7. The van der Waals surface area contributed by atoms with Crippen LogP contribution in [0.4, 0.5) is 0 Å². The maximum absolute atomic E-state index is 10.5. The zero-order valence-corrected chi connectivity index (χ0v) is 14.3. The van der Waals surface area contributed by atoms with Gasteiger partial charge in [-0.2, -0.15) is 0 Å². The predicted molar refractivity (Wildman–Crippen MR) is 90.0 cm³/mol. The molecule has 1 saturated carbocycles. The van der Waals surface area contributed by atoms with Gasteiger partial charge in [-0.3, -0.25) is 4.79 Å². The van der Waals surface area contributed by atoms with Crippen molar-refractivity contribution < 1.29 is 19.4 Å². The number of rotatable bonds is 11. The van der Waals surface area contributed by atoms with Crippen LogP contribution >= 0.6 is 0 Å². The van der Waals surface area contributed by atoms with E-state index in [0.717, 1.165) is 12.8 Å². The van der Waals surface area contributed by atoms with Gasteiger partial charge in [0.25, 0.3) is 0 Å². The Labute approximate surface area is 139 Å². The van der Waals surface area contributed by atoms with Gasteiger partial charge in [0, 0.05) is 25.6 Å². The van der Waals surface area contributed by atoms with E-state index in [1.165, 1.54) is 6.42 Å². The first-order valence-corrected chi connectivity index (χ1v) is 8.95. The van der Waals surface area contributed by atoms with Gasteiger partial charge < -0.3 is 14.6 Å². The molecule has 2 aliphatic carbocycles. The number of carboxylic acid groups (broad SMARTS) is 1. The van der Waals surface area contributed by atoms with E-state index in [1.807, 2.05) is 13.8 Å². The summed E-state index contributed by atoms with van der Waals surface area (Å²) >= 11 is 0. The van der Waals surface area contributed by atoms with E-state index < -0.39 is 5.97 Å². The van der Waals surface area contributed by atoms with Gasteiger partial charge in [-0.05, 0) is 57.3 Å². The molecule has 130 valence electrons. The first kappa shape index (κ1) is 18.2. The first-order chi connectivity index (χ1) is 11.2. The molecule has 23 heavy (non-hydrogen) atoms. The van der Waals surface area contributed by atoms with Crippen LogP contribution in [0, 0.1) is 23.7 Å². The quantitative estimate of drug-likeness (QED) is 0.354. The van der Waals surface area contributed by atoms with Crippen molar-refractivity contribution in [3.63, 3.8) is 0 Å². The van der Waals surface area contributed by atoms with Gasteiger partial charge in [-0.25, -0.2) is 0 Å². The highest BCUT2D eigenvalue weighted by Gasteiger charge is 2.48. The van der Waals surface area contributed by atoms with Crippen LogP contribution in [-0.2, 0) is 14.3 Å². The number of carbonyl (C=O) groups is 1. The minimum Gasteiger partial charge on any atom is -0.481 e. The zero-order valence-electron chi connectivity index (χ0n) is 14.3. The summed E-state index contributed by atoms with van der Waals surface area (Å²) in [6, 6.07) is 0. The van der Waals surface area contributed by atoms with E-state index >= 15 is 0 Å². The molecule has 4 unspecified atom stereocenters. The SMILES string of the molecule is CCOC(OCC)C1C2C=CC(C2)C1C/C=C\CCCC(=O)O. The van der Waals surface area contributed by atoms with Crippen molar-refractivity contribution in [3.8, 4) is 0 Å². The summed E-state index contributed by atoms with van der Waals surface area (Å²) in [5.74, 6) is 1.51. The van der Waals surface area contributed by atoms with Gasteiger partial charge in [0.2, 0.25) is 0 Å². The average molecular weight is 322 g/mol. The third kappa shape index (κ3) is 4.92. The second-order valence-corrected chi connectivity index (χ2v) is 6.46. The molecule has 0 aromatic carbocycles. The Bertz CT molecular complexity index is 423. The number of ether oxygens (including phenoxy) is 2. The van der Waals surface area contributed by atoms with Crippen molar-refractivity contribution >= 4 is 5.97 Å². The predicted octanol–water partition coefficient (Wildman–Crippen LogP) is 4.03. The fourth-order valence-electron chi connectivity index (χ4n) is 4.04. The third-order valence-electron chi connectivity index (χ3n) is 5.00. The Morgan fingerprint density at radius 3 is 2.57 bits per heavy atom. The second kappa shape index (κ2) is 9.24. The number of hydrogen-bond acceptors (Lipinski definition) is 3. The van der Waals surface area contributed by atoms with Crippen molar-refractivity contribution in [2.24, 2.45) is 23.7 Å². The summed E-state index contributed by atoms with van der Waals surface area (Å²) in [7, 11) is 0. The van der Waals surface area contributed by atoms with Gasteiger partial charge in [0.15, 0.2) is 6.29 Å². The third-order valence-corrected chi connectivity index (χ3v) is 5.00. The molecule has 1 fully saturated rings. The van der Waals surface area contributed by atoms with E-state index in [0.29, 0.717) is 43.3 Å². The van der Waals surface area contributed by atoms with Gasteiger partial charge in [-0.1, -0.05) is 24.3 Å². The molecule has 2 rings (SSSR count). The molecular weight excluding hydrogens is 292 g/mol. The number of carboxylic acids is 1. The molecule has 4 atom stereocenters. The lowest BCUT2D eigenvalue weighted by Gasteiger charge is -2.33. The summed E-state index contributed by atoms with van der Waals surface area (Å²) in [6.45, 7) is 5.40. The van der Waals surface area contributed by atoms with Crippen molar-refractivity contribution in [1.82, 2.24) is 0 Å². The molecule has 0 radical (unpaired) electrons. The fourth-order valence-corrected chi connectivity index (χ4v) is 4.04. The van der Waals surface area contributed by atoms with Crippen LogP contribution in [0.5, 0.6) is 0 Å². The molecular formula is C19H30O4. The lowest BCUT2D eigenvalue weighted by molar-refractivity contribution is -0.180. The van der Waals surface area contributed by atoms with Crippen LogP contribution in [0.15, 0.2) is 24.3 Å². The number of unbranched alkanes of at least 4 members (excludes halogenated alkanes) is 1. The summed E-state index contributed by atoms with van der Waals surface area (Å²) in [6.07, 6.45) is 13.0. The minimum absolute atomic E-state index is 0.102. The smallest absolute Gasteiger partial charge is 0.303 e. The van der Waals surface area contributed by atoms with Gasteiger partial charge in [0.1, 0.15) is 0 Å². The summed E-state index contributed by atoms with van der Waals surface area (Å²) in [4.78, 5) is 10.5. The fraction of sp³-hybridized carbons (Fsp3) is 0.737. The highest BCUT2D eigenvalue weighted by molar-refractivity contribution is 5.66. The van der Waals surface area contributed by atoms with E-state index in [-0.39, 0.29) is 12.7 Å². The van der Waals surface area contributed by atoms with Crippen molar-refractivity contribution in [2.75, 3.05) is 13.2 Å². The van der Waals surface area contributed by atoms with Crippen LogP contribution in [-0.4, -0.2) is 30.6 Å². The number of aliphatic carboxylic acids is 1. The molecule has 4 heteroatoms. The number of hydrogen-bond donors (Lipinski definition) is 1. The largest absolute Gasteiger partial charge is 0.481 e. The molecule has 2 bridgehead atoms. The van der Waals surface area contributed by atoms with Crippen LogP contribution in [0.25, 0.3) is 0 Å². The van der Waals surface area contributed by atoms with E-state index in [1.54, 1.807) is 0 Å². The molecule has 1 N–H and O–H groups in total. The molecule has 0 saturated heterocycles. The molecule has 0 aromatic heterocycles. The average Bonchev–Trinajstić information content (AvgIpc) is 3.11. The maximum atomic E-state index is 10.5. The molecule has 2 aliphatic rings. The van der Waals surface area contributed by atoms with Crippen LogP contribution in [0.1, 0.15) is 46.0 Å². The lowest BCUT2D eigenvalue weighted by Crippen LogP contribution is -2.35. The molecule has 4 nitrogen and oxygen atoms in total. The Morgan fingerprint density at radius 2 is 1.91 bits per heavy atom. The van der Waals surface area contributed by atoms with Crippen LogP contribution in [0.2, 0.25) is 0 Å². The molecule has 0 amide bonds. The van der Waals surface area contributed by atoms with Gasteiger partial charge in [0.05, 0.1) is 0 Å². The topological polar surface area (TPSA) is 55.8 Å². The highest BCUT2D eigenvalue weighted by atomic mass is 16.7. The van der Waals surface area contributed by atoms with E-state index in [2.05, 4.69) is 24.3 Å². The molecule has 0 heterocycles. The maximum Gasteiger partial charge on any atom is 0.303 e. The minimum atomic E-state index is -0.715. The van der Waals surface area contributed by atoms with Gasteiger partial charge in [-0.15, -0.1) is 0 Å².